The van der Waals surface area contributed by atoms with Gasteiger partial charge in [0.2, 0.25) is 0 Å². The van der Waals surface area contributed by atoms with Crippen LogP contribution in [0.1, 0.15) is 11.3 Å². The summed E-state index contributed by atoms with van der Waals surface area (Å²) in [4.78, 5) is 11.7. The Labute approximate surface area is 106 Å². The fourth-order valence-electron chi connectivity index (χ4n) is 2.03. The molecule has 0 saturated carbocycles. The third-order valence-corrected chi connectivity index (χ3v) is 2.89. The molecular formula is C15H13N3. The normalized spacial score (nSPS) is 10.4. The van der Waals surface area contributed by atoms with Crippen molar-refractivity contribution < 1.29 is 0 Å². The Morgan fingerprint density at radius 3 is 2.61 bits per heavy atom. The highest BCUT2D eigenvalue weighted by Crippen LogP contribution is 2.22. The van der Waals surface area contributed by atoms with Crippen LogP contribution in [0.25, 0.3) is 11.3 Å². The number of hydrogen-bond acceptors (Lipinski definition) is 2. The zero-order valence-electron chi connectivity index (χ0n) is 9.88. The van der Waals surface area contributed by atoms with Gasteiger partial charge in [0.05, 0.1) is 12.0 Å². The number of nitrogens with zero attached hydrogens (tertiary/aromatic N) is 2. The summed E-state index contributed by atoms with van der Waals surface area (Å²) in [6.45, 7) is 0. The van der Waals surface area contributed by atoms with Crippen LogP contribution in [0.2, 0.25) is 0 Å². The molecule has 3 aromatic rings. The van der Waals surface area contributed by atoms with Crippen molar-refractivity contribution in [3.05, 3.63) is 72.4 Å². The van der Waals surface area contributed by atoms with E-state index in [1.54, 1.807) is 6.33 Å². The van der Waals surface area contributed by atoms with Crippen LogP contribution in [-0.2, 0) is 6.42 Å². The highest BCUT2D eigenvalue weighted by Gasteiger charge is 2.07. The number of H-pyrrole nitrogens is 1. The van der Waals surface area contributed by atoms with Crippen LogP contribution >= 0.6 is 0 Å². The molecule has 0 atom stereocenters. The monoisotopic (exact) mass is 235 g/mol. The van der Waals surface area contributed by atoms with E-state index < -0.39 is 0 Å². The fraction of sp³-hybridized carbons (Fsp3) is 0.0667. The number of rotatable bonds is 3. The standard InChI is InChI=1S/C15H13N3/c1-2-7-14(15-10-16-11-18-15)12(5-1)9-13-6-3-4-8-17-13/h1-8,10-11H,9H2,(H,16,18). The third-order valence-electron chi connectivity index (χ3n) is 2.89. The lowest BCUT2D eigenvalue weighted by Gasteiger charge is -2.06. The molecule has 0 spiro atoms. The van der Waals surface area contributed by atoms with Crippen molar-refractivity contribution in [1.29, 1.82) is 0 Å². The maximum absolute atomic E-state index is 4.37. The first kappa shape index (κ1) is 10.7. The summed E-state index contributed by atoms with van der Waals surface area (Å²) in [5.74, 6) is 0. The largest absolute Gasteiger partial charge is 0.351 e. The predicted molar refractivity (Wildman–Crippen MR) is 71.1 cm³/mol. The van der Waals surface area contributed by atoms with Crippen molar-refractivity contribution in [2.75, 3.05) is 0 Å². The second-order valence-electron chi connectivity index (χ2n) is 4.11. The third kappa shape index (κ3) is 2.15. The second-order valence-corrected chi connectivity index (χ2v) is 4.11. The molecule has 88 valence electrons. The molecule has 3 nitrogen and oxygen atoms in total. The van der Waals surface area contributed by atoms with Crippen molar-refractivity contribution in [2.45, 2.75) is 6.42 Å². The van der Waals surface area contributed by atoms with Gasteiger partial charge in [0, 0.05) is 30.1 Å². The molecule has 0 fully saturated rings. The summed E-state index contributed by atoms with van der Waals surface area (Å²) >= 11 is 0. The minimum atomic E-state index is 0.823. The first-order valence-corrected chi connectivity index (χ1v) is 5.90. The van der Waals surface area contributed by atoms with Crippen LogP contribution in [0.4, 0.5) is 0 Å². The zero-order chi connectivity index (χ0) is 12.2. The Hall–Kier alpha value is -2.42. The van der Waals surface area contributed by atoms with E-state index in [1.807, 2.05) is 36.7 Å². The van der Waals surface area contributed by atoms with Gasteiger partial charge >= 0.3 is 0 Å². The maximum Gasteiger partial charge on any atom is 0.0927 e. The van der Waals surface area contributed by atoms with Crippen molar-refractivity contribution >= 4 is 0 Å². The smallest absolute Gasteiger partial charge is 0.0927 e. The molecule has 1 aromatic carbocycles. The molecule has 0 aliphatic rings. The van der Waals surface area contributed by atoms with Gasteiger partial charge in [0.15, 0.2) is 0 Å². The lowest BCUT2D eigenvalue weighted by Crippen LogP contribution is -1.94. The SMILES string of the molecule is c1ccc(Cc2ccccc2-c2c[nH]cn2)nc1. The van der Waals surface area contributed by atoms with E-state index in [9.17, 15) is 0 Å². The van der Waals surface area contributed by atoms with Gasteiger partial charge in [-0.25, -0.2) is 4.98 Å². The lowest BCUT2D eigenvalue weighted by atomic mass is 10.0. The molecule has 3 rings (SSSR count). The summed E-state index contributed by atoms with van der Waals surface area (Å²) in [7, 11) is 0. The number of hydrogen-bond donors (Lipinski definition) is 1. The molecule has 0 saturated heterocycles. The number of imidazole rings is 1. The van der Waals surface area contributed by atoms with Gasteiger partial charge < -0.3 is 4.98 Å². The molecule has 2 aromatic heterocycles. The summed E-state index contributed by atoms with van der Waals surface area (Å²) in [6, 6.07) is 14.3. The number of aromatic amines is 1. The van der Waals surface area contributed by atoms with Crippen LogP contribution in [0.5, 0.6) is 0 Å². The minimum absolute atomic E-state index is 0.823. The van der Waals surface area contributed by atoms with Crippen molar-refractivity contribution in [3.63, 3.8) is 0 Å². The van der Waals surface area contributed by atoms with Crippen LogP contribution in [0.3, 0.4) is 0 Å². The summed E-state index contributed by atoms with van der Waals surface area (Å²) in [6.07, 6.45) is 6.26. The Balaban J connectivity index is 1.98. The quantitative estimate of drug-likeness (QED) is 0.758. The van der Waals surface area contributed by atoms with E-state index >= 15 is 0 Å². The molecule has 0 bridgehead atoms. The van der Waals surface area contributed by atoms with Gasteiger partial charge in [-0.05, 0) is 17.7 Å². The molecular weight excluding hydrogens is 222 g/mol. The van der Waals surface area contributed by atoms with Gasteiger partial charge in [-0.1, -0.05) is 30.3 Å². The first-order chi connectivity index (χ1) is 8.93. The number of aromatic nitrogens is 3. The Morgan fingerprint density at radius 2 is 1.83 bits per heavy atom. The Bertz CT molecular complexity index is 615. The molecule has 1 N–H and O–H groups in total. The van der Waals surface area contributed by atoms with Crippen molar-refractivity contribution in [3.8, 4) is 11.3 Å². The highest BCUT2D eigenvalue weighted by molar-refractivity contribution is 5.63. The summed E-state index contributed by atoms with van der Waals surface area (Å²) in [5.41, 5.74) is 4.44. The minimum Gasteiger partial charge on any atom is -0.351 e. The number of nitrogens with one attached hydrogen (secondary N) is 1. The van der Waals surface area contributed by atoms with Crippen LogP contribution in [-0.4, -0.2) is 15.0 Å². The first-order valence-electron chi connectivity index (χ1n) is 5.90. The Kier molecular flexibility index (Phi) is 2.88. The van der Waals surface area contributed by atoms with Gasteiger partial charge in [0.25, 0.3) is 0 Å². The molecule has 0 aliphatic heterocycles. The van der Waals surface area contributed by atoms with Crippen molar-refractivity contribution in [2.24, 2.45) is 0 Å². The molecule has 0 amide bonds. The van der Waals surface area contributed by atoms with Gasteiger partial charge in [0.1, 0.15) is 0 Å². The summed E-state index contributed by atoms with van der Waals surface area (Å²) < 4.78 is 0. The van der Waals surface area contributed by atoms with E-state index in [0.29, 0.717) is 0 Å². The average molecular weight is 235 g/mol. The van der Waals surface area contributed by atoms with E-state index in [0.717, 1.165) is 23.4 Å². The summed E-state index contributed by atoms with van der Waals surface area (Å²) in [5, 5.41) is 0. The number of benzene rings is 1. The second kappa shape index (κ2) is 4.84. The van der Waals surface area contributed by atoms with Crippen molar-refractivity contribution in [1.82, 2.24) is 15.0 Å². The molecule has 0 radical (unpaired) electrons. The molecule has 0 unspecified atom stereocenters. The zero-order valence-corrected chi connectivity index (χ0v) is 9.88. The fourth-order valence-corrected chi connectivity index (χ4v) is 2.03. The highest BCUT2D eigenvalue weighted by atomic mass is 14.9. The predicted octanol–water partition coefficient (Wildman–Crippen LogP) is 3.06. The number of pyridine rings is 1. The van der Waals surface area contributed by atoms with E-state index in [2.05, 4.69) is 33.2 Å². The van der Waals surface area contributed by atoms with Crippen LogP contribution in [0.15, 0.2) is 61.2 Å². The molecule has 0 aliphatic carbocycles. The molecule has 2 heterocycles. The van der Waals surface area contributed by atoms with Gasteiger partial charge in [-0.3, -0.25) is 4.98 Å². The average Bonchev–Trinajstić information content (AvgIpc) is 2.94. The van der Waals surface area contributed by atoms with Crippen LogP contribution < -0.4 is 0 Å². The van der Waals surface area contributed by atoms with E-state index in [1.165, 1.54) is 5.56 Å². The van der Waals surface area contributed by atoms with Gasteiger partial charge in [-0.15, -0.1) is 0 Å². The van der Waals surface area contributed by atoms with Crippen LogP contribution in [0, 0.1) is 0 Å². The lowest BCUT2D eigenvalue weighted by molar-refractivity contribution is 1.07. The molecule has 3 heteroatoms. The molecule has 18 heavy (non-hydrogen) atoms. The van der Waals surface area contributed by atoms with Gasteiger partial charge in [-0.2, -0.15) is 0 Å². The maximum atomic E-state index is 4.37. The van der Waals surface area contributed by atoms with E-state index in [-0.39, 0.29) is 0 Å². The topological polar surface area (TPSA) is 41.6 Å². The van der Waals surface area contributed by atoms with E-state index in [4.69, 9.17) is 0 Å². The Morgan fingerprint density at radius 1 is 0.944 bits per heavy atom.